The van der Waals surface area contributed by atoms with Crippen LogP contribution in [-0.2, 0) is 0 Å². The van der Waals surface area contributed by atoms with Gasteiger partial charge in [0.2, 0.25) is 0 Å². The predicted octanol–water partition coefficient (Wildman–Crippen LogP) is 2.39. The van der Waals surface area contributed by atoms with E-state index in [4.69, 9.17) is 5.73 Å². The van der Waals surface area contributed by atoms with Gasteiger partial charge in [-0.2, -0.15) is 0 Å². The van der Waals surface area contributed by atoms with Crippen molar-refractivity contribution in [3.8, 4) is 0 Å². The van der Waals surface area contributed by atoms with E-state index >= 15 is 0 Å². The molecule has 0 atom stereocenters. The smallest absolute Gasteiger partial charge is 0.0000125 e. The normalized spacial score (nSPS) is 13.3. The topological polar surface area (TPSA) is 38.0 Å². The van der Waals surface area contributed by atoms with Crippen molar-refractivity contribution < 1.29 is 0 Å². The second-order valence-corrected chi connectivity index (χ2v) is 6.21. The summed E-state index contributed by atoms with van der Waals surface area (Å²) in [6.07, 6.45) is 2.43. The zero-order chi connectivity index (χ0) is 11.2. The number of hydrogen-bond donors (Lipinski definition) is 2. The molecule has 0 bridgehead atoms. The van der Waals surface area contributed by atoms with Gasteiger partial charge in [0.15, 0.2) is 0 Å². The third-order valence-electron chi connectivity index (χ3n) is 2.42. The molecule has 0 aliphatic rings. The first-order chi connectivity index (χ1) is 6.27. The third-order valence-corrected chi connectivity index (χ3v) is 2.42. The monoisotopic (exact) mass is 200 g/mol. The molecule has 0 aliphatic heterocycles. The Balaban J connectivity index is 3.39. The average Bonchev–Trinajstić information content (AvgIpc) is 2.01. The van der Waals surface area contributed by atoms with E-state index in [-0.39, 0.29) is 0 Å². The van der Waals surface area contributed by atoms with E-state index in [9.17, 15) is 0 Å². The first kappa shape index (κ1) is 13.9. The summed E-state index contributed by atoms with van der Waals surface area (Å²) in [5.74, 6) is 0. The van der Waals surface area contributed by atoms with Crippen molar-refractivity contribution in [3.63, 3.8) is 0 Å². The van der Waals surface area contributed by atoms with Crippen LogP contribution in [-0.4, -0.2) is 19.6 Å². The van der Waals surface area contributed by atoms with Crippen LogP contribution in [0.1, 0.15) is 47.5 Å². The van der Waals surface area contributed by atoms with Gasteiger partial charge in [0, 0.05) is 0 Å². The van der Waals surface area contributed by atoms with Crippen molar-refractivity contribution in [1.29, 1.82) is 0 Å². The summed E-state index contributed by atoms with van der Waals surface area (Å²) in [7, 11) is 0. The molecule has 2 heteroatoms. The minimum Gasteiger partial charge on any atom is -0.330 e. The summed E-state index contributed by atoms with van der Waals surface area (Å²) in [4.78, 5) is 0. The molecule has 3 N–H and O–H groups in total. The summed E-state index contributed by atoms with van der Waals surface area (Å²) in [5.41, 5.74) is 6.37. The van der Waals surface area contributed by atoms with E-state index in [0.29, 0.717) is 10.8 Å². The molecule has 0 unspecified atom stereocenters. The van der Waals surface area contributed by atoms with Gasteiger partial charge < -0.3 is 11.1 Å². The van der Waals surface area contributed by atoms with Crippen molar-refractivity contribution in [2.24, 2.45) is 16.6 Å². The lowest BCUT2D eigenvalue weighted by atomic mass is 9.88. The molecular formula is C12H28N2. The Labute approximate surface area is 89.6 Å². The summed E-state index contributed by atoms with van der Waals surface area (Å²) in [6, 6.07) is 0. The fraction of sp³-hybridized carbons (Fsp3) is 1.00. The number of hydrogen-bond acceptors (Lipinski definition) is 2. The molecule has 0 aliphatic carbocycles. The Kier molecular flexibility index (Phi) is 5.68. The molecule has 0 aromatic heterocycles. The minimum absolute atomic E-state index is 0.309. The van der Waals surface area contributed by atoms with Crippen molar-refractivity contribution in [2.75, 3.05) is 19.6 Å². The first-order valence-electron chi connectivity index (χ1n) is 5.68. The highest BCUT2D eigenvalue weighted by molar-refractivity contribution is 4.70. The van der Waals surface area contributed by atoms with Crippen LogP contribution >= 0.6 is 0 Å². The Morgan fingerprint density at radius 1 is 1.07 bits per heavy atom. The van der Waals surface area contributed by atoms with Gasteiger partial charge in [0.05, 0.1) is 0 Å². The van der Waals surface area contributed by atoms with E-state index in [1.165, 1.54) is 12.8 Å². The molecule has 0 fully saturated rings. The van der Waals surface area contributed by atoms with E-state index in [1.807, 2.05) is 0 Å². The molecule has 0 heterocycles. The van der Waals surface area contributed by atoms with Gasteiger partial charge in [0.25, 0.3) is 0 Å². The van der Waals surface area contributed by atoms with Gasteiger partial charge in [-0.25, -0.2) is 0 Å². The van der Waals surface area contributed by atoms with Gasteiger partial charge in [-0.1, -0.05) is 34.6 Å². The quantitative estimate of drug-likeness (QED) is 0.646. The largest absolute Gasteiger partial charge is 0.330 e. The molecule has 2 nitrogen and oxygen atoms in total. The fourth-order valence-corrected chi connectivity index (χ4v) is 1.26. The van der Waals surface area contributed by atoms with Crippen LogP contribution < -0.4 is 11.1 Å². The second-order valence-electron chi connectivity index (χ2n) is 6.21. The van der Waals surface area contributed by atoms with Crippen molar-refractivity contribution >= 4 is 0 Å². The van der Waals surface area contributed by atoms with Gasteiger partial charge in [0.1, 0.15) is 0 Å². The number of rotatable bonds is 6. The molecule has 0 saturated heterocycles. The van der Waals surface area contributed by atoms with Gasteiger partial charge in [-0.05, 0) is 43.3 Å². The summed E-state index contributed by atoms with van der Waals surface area (Å²) >= 11 is 0. The Hall–Kier alpha value is -0.0800. The zero-order valence-electron chi connectivity index (χ0n) is 10.6. The maximum absolute atomic E-state index is 5.67. The zero-order valence-corrected chi connectivity index (χ0v) is 10.6. The Morgan fingerprint density at radius 2 is 1.64 bits per heavy atom. The van der Waals surface area contributed by atoms with E-state index in [0.717, 1.165) is 19.6 Å². The van der Waals surface area contributed by atoms with E-state index < -0.39 is 0 Å². The number of nitrogens with one attached hydrogen (secondary N) is 1. The SMILES string of the molecule is CC(C)(C)CNCCCC(C)(C)CN. The molecule has 0 rings (SSSR count). The standard InChI is InChI=1S/C12H28N2/c1-11(2,3)10-14-8-6-7-12(4,5)9-13/h14H,6-10,13H2,1-5H3. The van der Waals surface area contributed by atoms with Crippen molar-refractivity contribution in [3.05, 3.63) is 0 Å². The molecule has 0 radical (unpaired) electrons. The van der Waals surface area contributed by atoms with Gasteiger partial charge in [-0.15, -0.1) is 0 Å². The number of nitrogens with two attached hydrogens (primary N) is 1. The van der Waals surface area contributed by atoms with Crippen molar-refractivity contribution in [1.82, 2.24) is 5.32 Å². The highest BCUT2D eigenvalue weighted by Gasteiger charge is 2.14. The highest BCUT2D eigenvalue weighted by Crippen LogP contribution is 2.19. The first-order valence-corrected chi connectivity index (χ1v) is 5.68. The predicted molar refractivity (Wildman–Crippen MR) is 64.4 cm³/mol. The fourth-order valence-electron chi connectivity index (χ4n) is 1.26. The lowest BCUT2D eigenvalue weighted by Gasteiger charge is -2.23. The van der Waals surface area contributed by atoms with Crippen LogP contribution in [0.5, 0.6) is 0 Å². The van der Waals surface area contributed by atoms with Crippen LogP contribution in [0.3, 0.4) is 0 Å². The highest BCUT2D eigenvalue weighted by atomic mass is 14.9. The van der Waals surface area contributed by atoms with E-state index in [1.54, 1.807) is 0 Å². The van der Waals surface area contributed by atoms with Crippen LogP contribution in [0.4, 0.5) is 0 Å². The third kappa shape index (κ3) is 8.52. The van der Waals surface area contributed by atoms with Gasteiger partial charge in [-0.3, -0.25) is 0 Å². The average molecular weight is 200 g/mol. The molecule has 86 valence electrons. The maximum atomic E-state index is 5.67. The molecule has 0 saturated carbocycles. The molecular weight excluding hydrogens is 172 g/mol. The Morgan fingerprint density at radius 3 is 2.07 bits per heavy atom. The summed E-state index contributed by atoms with van der Waals surface area (Å²) < 4.78 is 0. The molecule has 0 aromatic rings. The minimum atomic E-state index is 0.309. The van der Waals surface area contributed by atoms with E-state index in [2.05, 4.69) is 39.9 Å². The molecule has 0 spiro atoms. The molecule has 0 amide bonds. The molecule has 0 aromatic carbocycles. The van der Waals surface area contributed by atoms with Crippen LogP contribution in [0.15, 0.2) is 0 Å². The lowest BCUT2D eigenvalue weighted by Crippen LogP contribution is -2.29. The maximum Gasteiger partial charge on any atom is -0.0000125 e. The van der Waals surface area contributed by atoms with Crippen molar-refractivity contribution in [2.45, 2.75) is 47.5 Å². The molecule has 14 heavy (non-hydrogen) atoms. The summed E-state index contributed by atoms with van der Waals surface area (Å²) in [6.45, 7) is 14.2. The lowest BCUT2D eigenvalue weighted by molar-refractivity contribution is 0.323. The second kappa shape index (κ2) is 5.72. The Bertz CT molecular complexity index is 145. The van der Waals surface area contributed by atoms with Crippen LogP contribution in [0.2, 0.25) is 0 Å². The van der Waals surface area contributed by atoms with Gasteiger partial charge >= 0.3 is 0 Å². The van der Waals surface area contributed by atoms with Crippen LogP contribution in [0.25, 0.3) is 0 Å². The summed E-state index contributed by atoms with van der Waals surface area (Å²) in [5, 5.41) is 3.48. The van der Waals surface area contributed by atoms with Crippen LogP contribution in [0, 0.1) is 10.8 Å².